The quantitative estimate of drug-likeness (QED) is 0.614. The predicted octanol–water partition coefficient (Wildman–Crippen LogP) is 0.542. The van der Waals surface area contributed by atoms with E-state index in [9.17, 15) is 9.59 Å². The van der Waals surface area contributed by atoms with E-state index in [-0.39, 0.29) is 11.9 Å². The van der Waals surface area contributed by atoms with Gasteiger partial charge in [-0.3, -0.25) is 9.59 Å². The zero-order valence-electron chi connectivity index (χ0n) is 7.70. The summed E-state index contributed by atoms with van der Waals surface area (Å²) in [6, 6.07) is -0.140. The van der Waals surface area contributed by atoms with Gasteiger partial charge in [-0.05, 0) is 13.3 Å². The molecule has 1 rings (SSSR count). The number of hydrogen-bond donors (Lipinski definition) is 2. The highest BCUT2D eigenvalue weighted by atomic mass is 16.4. The second-order valence-electron chi connectivity index (χ2n) is 3.59. The van der Waals surface area contributed by atoms with E-state index in [4.69, 9.17) is 5.11 Å². The van der Waals surface area contributed by atoms with Crippen LogP contribution in [0.25, 0.3) is 0 Å². The van der Waals surface area contributed by atoms with E-state index in [2.05, 4.69) is 5.32 Å². The SMILES string of the molecule is CC(=O)N[C@@H]1C=C[C@](C)(C(=O)O)C1. The van der Waals surface area contributed by atoms with E-state index >= 15 is 0 Å². The molecule has 4 nitrogen and oxygen atoms in total. The standard InChI is InChI=1S/C9H13NO3/c1-6(11)10-7-3-4-9(2,5-7)8(12)13/h3-4,7H,5H2,1-2H3,(H,10,11)(H,12,13)/t7-,9+/m1/s1. The molecule has 4 heteroatoms. The van der Waals surface area contributed by atoms with Crippen molar-refractivity contribution in [1.82, 2.24) is 5.32 Å². The Labute approximate surface area is 76.6 Å². The first-order valence-corrected chi connectivity index (χ1v) is 4.14. The lowest BCUT2D eigenvalue weighted by molar-refractivity contribution is -0.145. The lowest BCUT2D eigenvalue weighted by atomic mass is 9.90. The number of carbonyl (C=O) groups excluding carboxylic acids is 1. The molecule has 2 N–H and O–H groups in total. The molecule has 0 aromatic rings. The summed E-state index contributed by atoms with van der Waals surface area (Å²) in [5.41, 5.74) is -0.826. The molecule has 1 aliphatic rings. The topological polar surface area (TPSA) is 66.4 Å². The van der Waals surface area contributed by atoms with E-state index in [1.54, 1.807) is 19.1 Å². The minimum Gasteiger partial charge on any atom is -0.481 e. The monoisotopic (exact) mass is 183 g/mol. The lowest BCUT2D eigenvalue weighted by Crippen LogP contribution is -2.34. The Morgan fingerprint density at radius 1 is 1.62 bits per heavy atom. The van der Waals surface area contributed by atoms with Crippen LogP contribution in [0.15, 0.2) is 12.2 Å². The van der Waals surface area contributed by atoms with Gasteiger partial charge in [0.25, 0.3) is 0 Å². The zero-order chi connectivity index (χ0) is 10.1. The Bertz CT molecular complexity index is 272. The predicted molar refractivity (Wildman–Crippen MR) is 47.1 cm³/mol. The van der Waals surface area contributed by atoms with Crippen molar-refractivity contribution >= 4 is 11.9 Å². The Morgan fingerprint density at radius 2 is 2.23 bits per heavy atom. The van der Waals surface area contributed by atoms with Crippen molar-refractivity contribution < 1.29 is 14.7 Å². The third-order valence-corrected chi connectivity index (χ3v) is 2.22. The summed E-state index contributed by atoms with van der Waals surface area (Å²) in [4.78, 5) is 21.5. The molecule has 0 heterocycles. The average molecular weight is 183 g/mol. The zero-order valence-corrected chi connectivity index (χ0v) is 7.70. The molecule has 1 aliphatic carbocycles. The highest BCUT2D eigenvalue weighted by Crippen LogP contribution is 2.31. The van der Waals surface area contributed by atoms with Crippen molar-refractivity contribution in [2.24, 2.45) is 5.41 Å². The van der Waals surface area contributed by atoms with E-state index in [0.717, 1.165) is 0 Å². The van der Waals surface area contributed by atoms with Gasteiger partial charge in [0.2, 0.25) is 5.91 Å². The van der Waals surface area contributed by atoms with Crippen molar-refractivity contribution in [2.75, 3.05) is 0 Å². The third-order valence-electron chi connectivity index (χ3n) is 2.22. The molecule has 2 atom stereocenters. The highest BCUT2D eigenvalue weighted by Gasteiger charge is 2.37. The number of carboxylic acids is 1. The van der Waals surface area contributed by atoms with E-state index in [0.29, 0.717) is 6.42 Å². The van der Waals surface area contributed by atoms with Gasteiger partial charge in [0.1, 0.15) is 0 Å². The number of nitrogens with one attached hydrogen (secondary N) is 1. The summed E-state index contributed by atoms with van der Waals surface area (Å²) in [5.74, 6) is -0.985. The summed E-state index contributed by atoms with van der Waals surface area (Å²) < 4.78 is 0. The Kier molecular flexibility index (Phi) is 2.40. The van der Waals surface area contributed by atoms with Crippen molar-refractivity contribution in [1.29, 1.82) is 0 Å². The minimum atomic E-state index is -0.850. The maximum Gasteiger partial charge on any atom is 0.313 e. The van der Waals surface area contributed by atoms with Gasteiger partial charge in [-0.15, -0.1) is 0 Å². The molecule has 0 aliphatic heterocycles. The number of amides is 1. The van der Waals surface area contributed by atoms with Gasteiger partial charge in [0, 0.05) is 13.0 Å². The number of rotatable bonds is 2. The van der Waals surface area contributed by atoms with E-state index < -0.39 is 11.4 Å². The second-order valence-corrected chi connectivity index (χ2v) is 3.59. The highest BCUT2D eigenvalue weighted by molar-refractivity contribution is 5.78. The van der Waals surface area contributed by atoms with Crippen LogP contribution in [0.2, 0.25) is 0 Å². The molecule has 0 spiro atoms. The number of carboxylic acid groups (broad SMARTS) is 1. The Hall–Kier alpha value is -1.32. The van der Waals surface area contributed by atoms with Crippen LogP contribution in [0.1, 0.15) is 20.3 Å². The molecule has 72 valence electrons. The van der Waals surface area contributed by atoms with Gasteiger partial charge in [-0.1, -0.05) is 12.2 Å². The van der Waals surface area contributed by atoms with Gasteiger partial charge in [0.05, 0.1) is 5.41 Å². The van der Waals surface area contributed by atoms with Gasteiger partial charge >= 0.3 is 5.97 Å². The molecule has 0 radical (unpaired) electrons. The molecule has 1 amide bonds. The average Bonchev–Trinajstić information content (AvgIpc) is 2.32. The minimum absolute atomic E-state index is 0.135. The van der Waals surface area contributed by atoms with Crippen molar-refractivity contribution in [3.8, 4) is 0 Å². The summed E-state index contributed by atoms with van der Waals surface area (Å²) in [7, 11) is 0. The smallest absolute Gasteiger partial charge is 0.313 e. The molecule has 0 fully saturated rings. The van der Waals surface area contributed by atoms with Crippen LogP contribution in [-0.2, 0) is 9.59 Å². The fourth-order valence-electron chi connectivity index (χ4n) is 1.44. The summed E-state index contributed by atoms with van der Waals surface area (Å²) in [5, 5.41) is 11.5. The Balaban J connectivity index is 2.60. The molecule has 13 heavy (non-hydrogen) atoms. The van der Waals surface area contributed by atoms with Crippen LogP contribution in [0.3, 0.4) is 0 Å². The molecule has 0 aromatic carbocycles. The van der Waals surface area contributed by atoms with Crippen molar-refractivity contribution in [2.45, 2.75) is 26.3 Å². The molecule has 0 saturated carbocycles. The van der Waals surface area contributed by atoms with Crippen molar-refractivity contribution in [3.05, 3.63) is 12.2 Å². The fourth-order valence-corrected chi connectivity index (χ4v) is 1.44. The van der Waals surface area contributed by atoms with Crippen LogP contribution in [0.5, 0.6) is 0 Å². The molecular formula is C9H13NO3. The maximum atomic E-state index is 10.8. The van der Waals surface area contributed by atoms with Gasteiger partial charge in [-0.2, -0.15) is 0 Å². The molecule has 0 saturated heterocycles. The van der Waals surface area contributed by atoms with Crippen molar-refractivity contribution in [3.63, 3.8) is 0 Å². The molecule has 0 bridgehead atoms. The molecule has 0 aromatic heterocycles. The second kappa shape index (κ2) is 3.20. The summed E-state index contributed by atoms with van der Waals surface area (Å²) >= 11 is 0. The third kappa shape index (κ3) is 2.08. The van der Waals surface area contributed by atoms with E-state index in [1.165, 1.54) is 6.92 Å². The number of carbonyl (C=O) groups is 2. The van der Waals surface area contributed by atoms with Gasteiger partial charge < -0.3 is 10.4 Å². The van der Waals surface area contributed by atoms with Crippen LogP contribution in [-0.4, -0.2) is 23.0 Å². The lowest BCUT2D eigenvalue weighted by Gasteiger charge is -2.18. The first-order chi connectivity index (χ1) is 5.94. The maximum absolute atomic E-state index is 10.8. The first kappa shape index (κ1) is 9.77. The van der Waals surface area contributed by atoms with Crippen LogP contribution in [0, 0.1) is 5.41 Å². The molecule has 0 unspecified atom stereocenters. The molecular weight excluding hydrogens is 170 g/mol. The summed E-state index contributed by atoms with van der Waals surface area (Å²) in [6.07, 6.45) is 3.80. The van der Waals surface area contributed by atoms with E-state index in [1.807, 2.05) is 0 Å². The van der Waals surface area contributed by atoms with Crippen LogP contribution in [0.4, 0.5) is 0 Å². The van der Waals surface area contributed by atoms with Crippen LogP contribution < -0.4 is 5.32 Å². The number of aliphatic carboxylic acids is 1. The largest absolute Gasteiger partial charge is 0.481 e. The summed E-state index contributed by atoms with van der Waals surface area (Å²) in [6.45, 7) is 3.07. The fraction of sp³-hybridized carbons (Fsp3) is 0.556. The number of hydrogen-bond acceptors (Lipinski definition) is 2. The Morgan fingerprint density at radius 3 is 2.62 bits per heavy atom. The van der Waals surface area contributed by atoms with Gasteiger partial charge in [-0.25, -0.2) is 0 Å². The normalized spacial score (nSPS) is 31.7. The first-order valence-electron chi connectivity index (χ1n) is 4.14. The van der Waals surface area contributed by atoms with Gasteiger partial charge in [0.15, 0.2) is 0 Å². The van der Waals surface area contributed by atoms with Crippen LogP contribution >= 0.6 is 0 Å².